The van der Waals surface area contributed by atoms with Crippen LogP contribution in [0.15, 0.2) is 24.3 Å². The number of nitrogens with zero attached hydrogens (tertiary/aromatic N) is 1. The number of hydrogen-bond donors (Lipinski definition) is 2. The van der Waals surface area contributed by atoms with Gasteiger partial charge in [0.15, 0.2) is 0 Å². The average molecular weight is 274 g/mol. The Labute approximate surface area is 119 Å². The second kappa shape index (κ2) is 5.54. The zero-order valence-electron chi connectivity index (χ0n) is 11.9. The van der Waals surface area contributed by atoms with Gasteiger partial charge >= 0.3 is 0 Å². The van der Waals surface area contributed by atoms with Crippen LogP contribution in [0, 0.1) is 5.92 Å². The minimum absolute atomic E-state index is 0.118. The van der Waals surface area contributed by atoms with Crippen molar-refractivity contribution in [3.63, 3.8) is 0 Å². The first-order chi connectivity index (χ1) is 9.65. The number of nitrogens with one attached hydrogen (secondary N) is 1. The van der Waals surface area contributed by atoms with Crippen LogP contribution in [-0.2, 0) is 17.8 Å². The summed E-state index contributed by atoms with van der Waals surface area (Å²) in [5.74, 6) is 0.349. The lowest BCUT2D eigenvalue weighted by Crippen LogP contribution is -2.53. The van der Waals surface area contributed by atoms with E-state index in [4.69, 9.17) is 0 Å². The van der Waals surface area contributed by atoms with Crippen LogP contribution in [0.25, 0.3) is 0 Å². The maximum atomic E-state index is 12.6. The SMILES string of the molecule is CC1CN(C(=O)[C@@H]2Cc3ccccc3CN2)CCC1O. The molecule has 0 spiro atoms. The van der Waals surface area contributed by atoms with E-state index in [2.05, 4.69) is 17.4 Å². The normalized spacial score (nSPS) is 29.9. The molecule has 0 aromatic heterocycles. The molecule has 0 radical (unpaired) electrons. The fourth-order valence-electron chi connectivity index (χ4n) is 3.18. The Kier molecular flexibility index (Phi) is 3.76. The molecule has 1 aromatic rings. The Balaban J connectivity index is 1.67. The van der Waals surface area contributed by atoms with E-state index in [9.17, 15) is 9.90 Å². The number of aliphatic hydroxyl groups is 1. The van der Waals surface area contributed by atoms with Crippen LogP contribution in [-0.4, -0.2) is 41.1 Å². The lowest BCUT2D eigenvalue weighted by molar-refractivity contribution is -0.137. The zero-order valence-corrected chi connectivity index (χ0v) is 11.9. The molecule has 1 aromatic carbocycles. The smallest absolute Gasteiger partial charge is 0.240 e. The predicted octanol–water partition coefficient (Wildman–Crippen LogP) is 0.930. The lowest BCUT2D eigenvalue weighted by Gasteiger charge is -2.37. The zero-order chi connectivity index (χ0) is 14.1. The predicted molar refractivity (Wildman–Crippen MR) is 77.1 cm³/mol. The average Bonchev–Trinajstić information content (AvgIpc) is 2.49. The van der Waals surface area contributed by atoms with Crippen molar-refractivity contribution in [1.82, 2.24) is 10.2 Å². The van der Waals surface area contributed by atoms with E-state index in [1.807, 2.05) is 24.0 Å². The van der Waals surface area contributed by atoms with Crippen LogP contribution in [0.4, 0.5) is 0 Å². The van der Waals surface area contributed by atoms with Crippen molar-refractivity contribution in [3.8, 4) is 0 Å². The topological polar surface area (TPSA) is 52.6 Å². The molecule has 1 amide bonds. The van der Waals surface area contributed by atoms with Crippen molar-refractivity contribution in [3.05, 3.63) is 35.4 Å². The fraction of sp³-hybridized carbons (Fsp3) is 0.562. The maximum absolute atomic E-state index is 12.6. The fourth-order valence-corrected chi connectivity index (χ4v) is 3.18. The molecule has 0 aliphatic carbocycles. The minimum atomic E-state index is -0.265. The summed E-state index contributed by atoms with van der Waals surface area (Å²) < 4.78 is 0. The number of amides is 1. The van der Waals surface area contributed by atoms with Gasteiger partial charge in [-0.1, -0.05) is 31.2 Å². The highest BCUT2D eigenvalue weighted by Crippen LogP contribution is 2.21. The first-order valence-corrected chi connectivity index (χ1v) is 7.42. The Morgan fingerprint density at radius 3 is 2.85 bits per heavy atom. The number of aliphatic hydroxyl groups excluding tert-OH is 1. The highest BCUT2D eigenvalue weighted by molar-refractivity contribution is 5.82. The molecule has 2 aliphatic heterocycles. The summed E-state index contributed by atoms with van der Waals surface area (Å²) in [7, 11) is 0. The monoisotopic (exact) mass is 274 g/mol. The first kappa shape index (κ1) is 13.6. The van der Waals surface area contributed by atoms with E-state index >= 15 is 0 Å². The first-order valence-electron chi connectivity index (χ1n) is 7.42. The largest absolute Gasteiger partial charge is 0.393 e. The quantitative estimate of drug-likeness (QED) is 0.801. The van der Waals surface area contributed by atoms with Gasteiger partial charge < -0.3 is 15.3 Å². The van der Waals surface area contributed by atoms with Gasteiger partial charge in [0.1, 0.15) is 0 Å². The highest BCUT2D eigenvalue weighted by Gasteiger charge is 2.32. The third-order valence-electron chi connectivity index (χ3n) is 4.55. The van der Waals surface area contributed by atoms with Gasteiger partial charge in [-0.2, -0.15) is 0 Å². The highest BCUT2D eigenvalue weighted by atomic mass is 16.3. The molecule has 0 bridgehead atoms. The van der Waals surface area contributed by atoms with E-state index in [0.29, 0.717) is 19.5 Å². The van der Waals surface area contributed by atoms with Crippen molar-refractivity contribution < 1.29 is 9.90 Å². The molecule has 20 heavy (non-hydrogen) atoms. The van der Waals surface area contributed by atoms with Gasteiger partial charge in [0.2, 0.25) is 5.91 Å². The van der Waals surface area contributed by atoms with E-state index in [-0.39, 0.29) is 24.0 Å². The van der Waals surface area contributed by atoms with Crippen molar-refractivity contribution in [2.45, 2.75) is 38.5 Å². The number of piperidine rings is 1. The number of fused-ring (bicyclic) bond motifs is 1. The van der Waals surface area contributed by atoms with Gasteiger partial charge in [-0.15, -0.1) is 0 Å². The van der Waals surface area contributed by atoms with Gasteiger partial charge in [-0.3, -0.25) is 4.79 Å². The molecule has 4 nitrogen and oxygen atoms in total. The van der Waals surface area contributed by atoms with Crippen LogP contribution in [0.5, 0.6) is 0 Å². The summed E-state index contributed by atoms with van der Waals surface area (Å²) in [5.41, 5.74) is 2.56. The minimum Gasteiger partial charge on any atom is -0.393 e. The molecule has 3 rings (SSSR count). The number of benzene rings is 1. The number of carbonyl (C=O) groups is 1. The molecule has 2 N–H and O–H groups in total. The van der Waals surface area contributed by atoms with Crippen LogP contribution in [0.3, 0.4) is 0 Å². The van der Waals surface area contributed by atoms with Gasteiger partial charge in [-0.25, -0.2) is 0 Å². The van der Waals surface area contributed by atoms with Gasteiger partial charge in [0.25, 0.3) is 0 Å². The molecule has 108 valence electrons. The van der Waals surface area contributed by atoms with Crippen molar-refractivity contribution in [1.29, 1.82) is 0 Å². The molecule has 3 atom stereocenters. The van der Waals surface area contributed by atoms with Crippen LogP contribution in [0.2, 0.25) is 0 Å². The molecule has 2 aliphatic rings. The lowest BCUT2D eigenvalue weighted by atomic mass is 9.93. The summed E-state index contributed by atoms with van der Waals surface area (Å²) in [6.45, 7) is 4.11. The van der Waals surface area contributed by atoms with Crippen LogP contribution < -0.4 is 5.32 Å². The second-order valence-electron chi connectivity index (χ2n) is 6.02. The molecule has 1 fully saturated rings. The molecule has 2 heterocycles. The molecule has 4 heteroatoms. The molecular formula is C16H22N2O2. The number of carbonyl (C=O) groups excluding carboxylic acids is 1. The van der Waals surface area contributed by atoms with Crippen LogP contribution >= 0.6 is 0 Å². The summed E-state index contributed by atoms with van der Waals surface area (Å²) in [4.78, 5) is 14.5. The van der Waals surface area contributed by atoms with E-state index in [1.54, 1.807) is 0 Å². The van der Waals surface area contributed by atoms with E-state index in [1.165, 1.54) is 11.1 Å². The van der Waals surface area contributed by atoms with E-state index < -0.39 is 0 Å². The molecular weight excluding hydrogens is 252 g/mol. The van der Waals surface area contributed by atoms with Crippen molar-refractivity contribution in [2.24, 2.45) is 5.92 Å². The Hall–Kier alpha value is -1.39. The van der Waals surface area contributed by atoms with Crippen LogP contribution in [0.1, 0.15) is 24.5 Å². The van der Waals surface area contributed by atoms with E-state index in [0.717, 1.165) is 13.0 Å². The number of likely N-dealkylation sites (tertiary alicyclic amines) is 1. The van der Waals surface area contributed by atoms with Gasteiger partial charge in [0, 0.05) is 19.6 Å². The molecule has 0 saturated carbocycles. The van der Waals surface area contributed by atoms with Gasteiger partial charge in [0.05, 0.1) is 12.1 Å². The Morgan fingerprint density at radius 2 is 2.10 bits per heavy atom. The molecule has 2 unspecified atom stereocenters. The van der Waals surface area contributed by atoms with Crippen molar-refractivity contribution >= 4 is 5.91 Å². The standard InChI is InChI=1S/C16H22N2O2/c1-11-10-18(7-6-15(11)19)16(20)14-8-12-4-2-3-5-13(12)9-17-14/h2-5,11,14-15,17,19H,6-10H2,1H3/t11?,14-,15?/m0/s1. The summed E-state index contributed by atoms with van der Waals surface area (Å²) in [6, 6.07) is 8.18. The maximum Gasteiger partial charge on any atom is 0.240 e. The van der Waals surface area contributed by atoms with Crippen molar-refractivity contribution in [2.75, 3.05) is 13.1 Å². The number of rotatable bonds is 1. The summed E-state index contributed by atoms with van der Waals surface area (Å²) >= 11 is 0. The Morgan fingerprint density at radius 1 is 1.35 bits per heavy atom. The number of hydrogen-bond acceptors (Lipinski definition) is 3. The van der Waals surface area contributed by atoms with Gasteiger partial charge in [-0.05, 0) is 29.9 Å². The third kappa shape index (κ3) is 2.58. The second-order valence-corrected chi connectivity index (χ2v) is 6.02. The summed E-state index contributed by atoms with van der Waals surface area (Å²) in [6.07, 6.45) is 1.19. The molecule has 1 saturated heterocycles. The Bertz CT molecular complexity index is 503. The summed E-state index contributed by atoms with van der Waals surface area (Å²) in [5, 5.41) is 13.1. The third-order valence-corrected chi connectivity index (χ3v) is 4.55.